The first-order valence-electron chi connectivity index (χ1n) is 6.25. The second-order valence-corrected chi connectivity index (χ2v) is 4.31. The van der Waals surface area contributed by atoms with Crippen molar-refractivity contribution in [2.24, 2.45) is 0 Å². The molecule has 4 nitrogen and oxygen atoms in total. The third-order valence-corrected chi connectivity index (χ3v) is 3.05. The van der Waals surface area contributed by atoms with Crippen LogP contribution in [0.1, 0.15) is 18.9 Å². The predicted octanol–water partition coefficient (Wildman–Crippen LogP) is 1.73. The monoisotopic (exact) mass is 245 g/mol. The van der Waals surface area contributed by atoms with Crippen LogP contribution >= 0.6 is 0 Å². The average molecular weight is 245 g/mol. The van der Waals surface area contributed by atoms with Crippen molar-refractivity contribution in [3.05, 3.63) is 48.5 Å². The second-order valence-electron chi connectivity index (χ2n) is 4.31. The lowest BCUT2D eigenvalue weighted by atomic mass is 10.1. The van der Waals surface area contributed by atoms with E-state index >= 15 is 0 Å². The van der Waals surface area contributed by atoms with E-state index in [9.17, 15) is 0 Å². The van der Waals surface area contributed by atoms with Crippen LogP contribution in [-0.2, 0) is 6.54 Å². The number of aliphatic hydroxyl groups is 1. The highest BCUT2D eigenvalue weighted by molar-refractivity contribution is 5.34. The highest BCUT2D eigenvalue weighted by Crippen LogP contribution is 2.09. The molecule has 2 rings (SSSR count). The van der Waals surface area contributed by atoms with Gasteiger partial charge in [-0.2, -0.15) is 0 Å². The molecule has 0 bridgehead atoms. The Morgan fingerprint density at radius 3 is 2.67 bits per heavy atom. The molecule has 0 aliphatic rings. The molecule has 0 spiro atoms. The summed E-state index contributed by atoms with van der Waals surface area (Å²) in [4.78, 5) is 4.03. The fourth-order valence-electron chi connectivity index (χ4n) is 1.80. The van der Waals surface area contributed by atoms with Gasteiger partial charge in [-0.15, -0.1) is 0 Å². The molecule has 0 aliphatic carbocycles. The Balaban J connectivity index is 1.96. The van der Waals surface area contributed by atoms with E-state index in [2.05, 4.69) is 41.5 Å². The largest absolute Gasteiger partial charge is 0.395 e. The second kappa shape index (κ2) is 6.33. The van der Waals surface area contributed by atoms with Gasteiger partial charge in [-0.05, 0) is 24.1 Å². The summed E-state index contributed by atoms with van der Waals surface area (Å²) in [5.41, 5.74) is 2.32. The zero-order valence-corrected chi connectivity index (χ0v) is 10.6. The Morgan fingerprint density at radius 2 is 2.11 bits per heavy atom. The average Bonchev–Trinajstić information content (AvgIpc) is 2.94. The van der Waals surface area contributed by atoms with Gasteiger partial charge in [0.25, 0.3) is 0 Å². The van der Waals surface area contributed by atoms with Gasteiger partial charge in [0.2, 0.25) is 0 Å². The lowest BCUT2D eigenvalue weighted by Gasteiger charge is -2.14. The van der Waals surface area contributed by atoms with Gasteiger partial charge in [-0.1, -0.05) is 19.1 Å². The molecule has 0 amide bonds. The molecule has 1 atom stereocenters. The number of benzene rings is 1. The van der Waals surface area contributed by atoms with Crippen LogP contribution in [0.2, 0.25) is 0 Å². The normalized spacial score (nSPS) is 12.6. The molecule has 1 unspecified atom stereocenters. The highest BCUT2D eigenvalue weighted by atomic mass is 16.3. The number of nitrogens with one attached hydrogen (secondary N) is 1. The van der Waals surface area contributed by atoms with Crippen LogP contribution in [0.4, 0.5) is 0 Å². The van der Waals surface area contributed by atoms with E-state index < -0.39 is 0 Å². The number of imidazole rings is 1. The molecular weight excluding hydrogens is 226 g/mol. The van der Waals surface area contributed by atoms with Gasteiger partial charge in [-0.3, -0.25) is 0 Å². The van der Waals surface area contributed by atoms with Crippen LogP contribution in [0.25, 0.3) is 5.69 Å². The van der Waals surface area contributed by atoms with Gasteiger partial charge in [0, 0.05) is 30.7 Å². The summed E-state index contributed by atoms with van der Waals surface area (Å²) in [6, 6.07) is 8.49. The molecule has 0 saturated carbocycles. The maximum Gasteiger partial charge on any atom is 0.0991 e. The first-order valence-corrected chi connectivity index (χ1v) is 6.25. The number of rotatable bonds is 6. The summed E-state index contributed by atoms with van der Waals surface area (Å²) >= 11 is 0. The maximum atomic E-state index is 9.10. The van der Waals surface area contributed by atoms with Crippen molar-refractivity contribution in [1.82, 2.24) is 14.9 Å². The SMILES string of the molecule is CCC(CO)NCc1ccc(-n2ccnc2)cc1. The number of hydrogen-bond acceptors (Lipinski definition) is 3. The van der Waals surface area contributed by atoms with E-state index in [4.69, 9.17) is 5.11 Å². The quantitative estimate of drug-likeness (QED) is 0.815. The summed E-state index contributed by atoms with van der Waals surface area (Å²) in [5.74, 6) is 0. The number of aliphatic hydroxyl groups excluding tert-OH is 1. The molecule has 0 saturated heterocycles. The van der Waals surface area contributed by atoms with Crippen molar-refractivity contribution in [1.29, 1.82) is 0 Å². The Morgan fingerprint density at radius 1 is 1.33 bits per heavy atom. The van der Waals surface area contributed by atoms with Crippen LogP contribution in [0.5, 0.6) is 0 Å². The summed E-state index contributed by atoms with van der Waals surface area (Å²) < 4.78 is 1.97. The van der Waals surface area contributed by atoms with Crippen molar-refractivity contribution in [2.45, 2.75) is 25.9 Å². The Labute approximate surface area is 107 Å². The van der Waals surface area contributed by atoms with Crippen molar-refractivity contribution < 1.29 is 5.11 Å². The van der Waals surface area contributed by atoms with Crippen LogP contribution in [0, 0.1) is 0 Å². The molecule has 1 heterocycles. The predicted molar refractivity (Wildman–Crippen MR) is 71.6 cm³/mol. The van der Waals surface area contributed by atoms with Gasteiger partial charge in [0.15, 0.2) is 0 Å². The van der Waals surface area contributed by atoms with E-state index in [1.165, 1.54) is 5.56 Å². The third-order valence-electron chi connectivity index (χ3n) is 3.05. The maximum absolute atomic E-state index is 9.10. The highest BCUT2D eigenvalue weighted by Gasteiger charge is 2.03. The lowest BCUT2D eigenvalue weighted by Crippen LogP contribution is -2.31. The van der Waals surface area contributed by atoms with Crippen LogP contribution in [0.3, 0.4) is 0 Å². The van der Waals surface area contributed by atoms with Crippen LogP contribution in [0.15, 0.2) is 43.0 Å². The van der Waals surface area contributed by atoms with Crippen molar-refractivity contribution in [3.63, 3.8) is 0 Å². The first kappa shape index (κ1) is 12.8. The topological polar surface area (TPSA) is 50.1 Å². The molecule has 2 N–H and O–H groups in total. The fourth-order valence-corrected chi connectivity index (χ4v) is 1.80. The van der Waals surface area contributed by atoms with Gasteiger partial charge in [0.1, 0.15) is 0 Å². The smallest absolute Gasteiger partial charge is 0.0991 e. The molecule has 18 heavy (non-hydrogen) atoms. The molecule has 0 fully saturated rings. The van der Waals surface area contributed by atoms with E-state index in [-0.39, 0.29) is 12.6 Å². The third kappa shape index (κ3) is 3.18. The summed E-state index contributed by atoms with van der Waals surface area (Å²) in [5, 5.41) is 12.4. The molecule has 1 aromatic heterocycles. The standard InChI is InChI=1S/C14H19N3O/c1-2-13(10-18)16-9-12-3-5-14(6-4-12)17-8-7-15-11-17/h3-8,11,13,16,18H,2,9-10H2,1H3. The number of nitrogens with zero attached hydrogens (tertiary/aromatic N) is 2. The fraction of sp³-hybridized carbons (Fsp3) is 0.357. The van der Waals surface area contributed by atoms with E-state index in [1.807, 2.05) is 10.8 Å². The summed E-state index contributed by atoms with van der Waals surface area (Å²) in [7, 11) is 0. The molecule has 1 aromatic carbocycles. The lowest BCUT2D eigenvalue weighted by molar-refractivity contribution is 0.238. The minimum absolute atomic E-state index is 0.179. The molecule has 0 aliphatic heterocycles. The van der Waals surface area contributed by atoms with Crippen LogP contribution < -0.4 is 5.32 Å². The zero-order valence-electron chi connectivity index (χ0n) is 10.6. The van der Waals surface area contributed by atoms with Crippen molar-refractivity contribution in [3.8, 4) is 5.69 Å². The van der Waals surface area contributed by atoms with Crippen molar-refractivity contribution in [2.75, 3.05) is 6.61 Å². The Hall–Kier alpha value is -1.65. The van der Waals surface area contributed by atoms with Gasteiger partial charge >= 0.3 is 0 Å². The molecule has 0 radical (unpaired) electrons. The Bertz CT molecular complexity index is 446. The molecule has 96 valence electrons. The van der Waals surface area contributed by atoms with Crippen molar-refractivity contribution >= 4 is 0 Å². The van der Waals surface area contributed by atoms with E-state index in [1.54, 1.807) is 12.5 Å². The zero-order chi connectivity index (χ0) is 12.8. The Kier molecular flexibility index (Phi) is 4.50. The van der Waals surface area contributed by atoms with Gasteiger partial charge in [0.05, 0.1) is 12.9 Å². The minimum atomic E-state index is 0.179. The van der Waals surface area contributed by atoms with E-state index in [0.717, 1.165) is 18.7 Å². The number of aromatic nitrogens is 2. The number of hydrogen-bond donors (Lipinski definition) is 2. The summed E-state index contributed by atoms with van der Waals surface area (Å²) in [6.07, 6.45) is 6.41. The molecule has 2 aromatic rings. The minimum Gasteiger partial charge on any atom is -0.395 e. The summed E-state index contributed by atoms with van der Waals surface area (Å²) in [6.45, 7) is 3.03. The molecular formula is C14H19N3O. The van der Waals surface area contributed by atoms with Crippen LogP contribution in [-0.4, -0.2) is 27.3 Å². The van der Waals surface area contributed by atoms with Gasteiger partial charge in [-0.25, -0.2) is 4.98 Å². The van der Waals surface area contributed by atoms with E-state index in [0.29, 0.717) is 0 Å². The van der Waals surface area contributed by atoms with Gasteiger partial charge < -0.3 is 15.0 Å². The first-order chi connectivity index (χ1) is 8.83. The molecule has 4 heteroatoms.